The molecule has 0 aliphatic carbocycles. The second-order valence-electron chi connectivity index (χ2n) is 6.07. The average molecular weight is 337 g/mol. The van der Waals surface area contributed by atoms with Crippen LogP contribution in [0.5, 0.6) is 0 Å². The van der Waals surface area contributed by atoms with Crippen molar-refractivity contribution in [3.05, 3.63) is 23.7 Å². The molecule has 0 bridgehead atoms. The van der Waals surface area contributed by atoms with Gasteiger partial charge in [-0.2, -0.15) is 0 Å². The molecule has 1 N–H and O–H groups in total. The summed E-state index contributed by atoms with van der Waals surface area (Å²) >= 11 is 0. The minimum Gasteiger partial charge on any atom is -0.465 e. The summed E-state index contributed by atoms with van der Waals surface area (Å²) in [6.45, 7) is 6.38. The van der Waals surface area contributed by atoms with Crippen molar-refractivity contribution in [1.82, 2.24) is 15.1 Å². The third-order valence-corrected chi connectivity index (χ3v) is 4.12. The molecular weight excluding hydrogens is 310 g/mol. The molecule has 1 aromatic heterocycles. The minimum atomic E-state index is -0.495. The molecule has 1 fully saturated rings. The van der Waals surface area contributed by atoms with Gasteiger partial charge in [-0.25, -0.2) is 4.79 Å². The Morgan fingerprint density at radius 1 is 1.38 bits per heavy atom. The van der Waals surface area contributed by atoms with Gasteiger partial charge in [0.25, 0.3) is 0 Å². The Bertz CT molecular complexity index is 552. The zero-order valence-electron chi connectivity index (χ0n) is 14.7. The van der Waals surface area contributed by atoms with E-state index in [1.54, 1.807) is 14.0 Å². The van der Waals surface area contributed by atoms with E-state index in [0.717, 1.165) is 37.5 Å². The van der Waals surface area contributed by atoms with Crippen LogP contribution in [0, 0.1) is 6.92 Å². The van der Waals surface area contributed by atoms with Crippen LogP contribution < -0.4 is 5.32 Å². The van der Waals surface area contributed by atoms with Crippen LogP contribution in [0.1, 0.15) is 37.3 Å². The molecular formula is C17H27N3O4. The highest BCUT2D eigenvalue weighted by atomic mass is 16.6. The Hall–Kier alpha value is -2.02. The summed E-state index contributed by atoms with van der Waals surface area (Å²) in [5, 5.41) is 2.91. The van der Waals surface area contributed by atoms with Gasteiger partial charge in [0.1, 0.15) is 18.1 Å². The monoisotopic (exact) mass is 337 g/mol. The van der Waals surface area contributed by atoms with Crippen molar-refractivity contribution in [3.8, 4) is 0 Å². The number of likely N-dealkylation sites (N-methyl/N-ethyl adjacent to an activating group) is 1. The number of carbonyl (C=O) groups excluding carboxylic acids is 2. The first-order valence-corrected chi connectivity index (χ1v) is 8.46. The van der Waals surface area contributed by atoms with Crippen LogP contribution >= 0.6 is 0 Å². The van der Waals surface area contributed by atoms with E-state index in [-0.39, 0.29) is 18.5 Å². The molecule has 0 radical (unpaired) electrons. The predicted octanol–water partition coefficient (Wildman–Crippen LogP) is 1.93. The number of rotatable bonds is 7. The molecule has 134 valence electrons. The van der Waals surface area contributed by atoms with E-state index in [0.29, 0.717) is 13.2 Å². The van der Waals surface area contributed by atoms with Crippen LogP contribution in [0.2, 0.25) is 0 Å². The molecule has 1 aliphatic heterocycles. The van der Waals surface area contributed by atoms with E-state index in [4.69, 9.17) is 9.15 Å². The smallest absolute Gasteiger partial charge is 0.409 e. The Balaban J connectivity index is 1.90. The first-order chi connectivity index (χ1) is 11.5. The van der Waals surface area contributed by atoms with Crippen LogP contribution in [-0.4, -0.2) is 61.6 Å². The van der Waals surface area contributed by atoms with E-state index >= 15 is 0 Å². The van der Waals surface area contributed by atoms with Gasteiger partial charge in [0.2, 0.25) is 5.91 Å². The predicted molar refractivity (Wildman–Crippen MR) is 89.7 cm³/mol. The first kappa shape index (κ1) is 18.3. The van der Waals surface area contributed by atoms with Crippen LogP contribution in [-0.2, 0) is 9.53 Å². The maximum absolute atomic E-state index is 12.1. The van der Waals surface area contributed by atoms with Gasteiger partial charge in [0.05, 0.1) is 12.6 Å². The van der Waals surface area contributed by atoms with Crippen LogP contribution in [0.25, 0.3) is 0 Å². The topological polar surface area (TPSA) is 75.0 Å². The summed E-state index contributed by atoms with van der Waals surface area (Å²) in [6, 6.07) is 3.93. The van der Waals surface area contributed by atoms with Crippen LogP contribution in [0.15, 0.2) is 16.5 Å². The van der Waals surface area contributed by atoms with Gasteiger partial charge in [-0.05, 0) is 51.9 Å². The molecule has 7 heteroatoms. The number of amides is 2. The van der Waals surface area contributed by atoms with E-state index in [1.165, 1.54) is 4.90 Å². The summed E-state index contributed by atoms with van der Waals surface area (Å²) in [5.41, 5.74) is 0. The van der Waals surface area contributed by atoms with Gasteiger partial charge in [-0.15, -0.1) is 0 Å². The number of carbonyl (C=O) groups is 2. The number of furan rings is 1. The Labute approximate surface area is 142 Å². The lowest BCUT2D eigenvalue weighted by molar-refractivity contribution is -0.122. The minimum absolute atomic E-state index is 0.0251. The molecule has 1 aromatic rings. The van der Waals surface area contributed by atoms with E-state index in [1.807, 2.05) is 19.1 Å². The SMILES string of the molecule is CCOC(=O)N(C)CC(=O)NCC(c1ccc(C)o1)N1CCCC1. The molecule has 2 amide bonds. The molecule has 1 aliphatic rings. The highest BCUT2D eigenvalue weighted by Crippen LogP contribution is 2.26. The molecule has 24 heavy (non-hydrogen) atoms. The van der Waals surface area contributed by atoms with Crippen molar-refractivity contribution in [2.45, 2.75) is 32.7 Å². The number of hydrogen-bond donors (Lipinski definition) is 1. The third kappa shape index (κ3) is 4.99. The van der Waals surface area contributed by atoms with Crippen LogP contribution in [0.3, 0.4) is 0 Å². The zero-order chi connectivity index (χ0) is 17.5. The average Bonchev–Trinajstić information content (AvgIpc) is 3.20. The van der Waals surface area contributed by atoms with E-state index in [9.17, 15) is 9.59 Å². The summed E-state index contributed by atoms with van der Waals surface area (Å²) in [6.07, 6.45) is 1.83. The van der Waals surface area contributed by atoms with E-state index < -0.39 is 6.09 Å². The summed E-state index contributed by atoms with van der Waals surface area (Å²) < 4.78 is 10.6. The van der Waals surface area contributed by atoms with Gasteiger partial charge in [-0.1, -0.05) is 0 Å². The molecule has 0 spiro atoms. The normalized spacial score (nSPS) is 16.0. The lowest BCUT2D eigenvalue weighted by Gasteiger charge is -2.26. The molecule has 7 nitrogen and oxygen atoms in total. The van der Waals surface area contributed by atoms with Crippen molar-refractivity contribution < 1.29 is 18.7 Å². The third-order valence-electron chi connectivity index (χ3n) is 4.12. The molecule has 2 heterocycles. The number of nitrogens with one attached hydrogen (secondary N) is 1. The lowest BCUT2D eigenvalue weighted by atomic mass is 10.2. The zero-order valence-corrected chi connectivity index (χ0v) is 14.7. The van der Waals surface area contributed by atoms with Crippen LogP contribution in [0.4, 0.5) is 4.79 Å². The van der Waals surface area contributed by atoms with E-state index in [2.05, 4.69) is 10.2 Å². The second kappa shape index (κ2) is 8.73. The highest BCUT2D eigenvalue weighted by Gasteiger charge is 2.26. The maximum atomic E-state index is 12.1. The fourth-order valence-corrected chi connectivity index (χ4v) is 2.88. The molecule has 0 saturated carbocycles. The van der Waals surface area contributed by atoms with Crippen molar-refractivity contribution >= 4 is 12.0 Å². The van der Waals surface area contributed by atoms with Crippen molar-refractivity contribution in [2.75, 3.05) is 39.8 Å². The number of hydrogen-bond acceptors (Lipinski definition) is 5. The summed E-state index contributed by atoms with van der Waals surface area (Å²) in [7, 11) is 1.55. The molecule has 1 saturated heterocycles. The van der Waals surface area contributed by atoms with Gasteiger partial charge in [0, 0.05) is 13.6 Å². The fraction of sp³-hybridized carbons (Fsp3) is 0.647. The Morgan fingerprint density at radius 2 is 2.08 bits per heavy atom. The summed E-state index contributed by atoms with van der Waals surface area (Å²) in [4.78, 5) is 27.3. The lowest BCUT2D eigenvalue weighted by Crippen LogP contribution is -2.42. The van der Waals surface area contributed by atoms with Gasteiger partial charge in [0.15, 0.2) is 0 Å². The number of likely N-dealkylation sites (tertiary alicyclic amines) is 1. The fourth-order valence-electron chi connectivity index (χ4n) is 2.88. The first-order valence-electron chi connectivity index (χ1n) is 8.46. The van der Waals surface area contributed by atoms with Gasteiger partial charge < -0.3 is 19.4 Å². The standard InChI is InChI=1S/C17H27N3O4/c1-4-23-17(22)19(3)12-16(21)18-11-14(20-9-5-6-10-20)15-8-7-13(2)24-15/h7-8,14H,4-6,9-12H2,1-3H3,(H,18,21). The summed E-state index contributed by atoms with van der Waals surface area (Å²) in [5.74, 6) is 1.52. The van der Waals surface area contributed by atoms with Crippen molar-refractivity contribution in [1.29, 1.82) is 0 Å². The Kier molecular flexibility index (Phi) is 6.66. The van der Waals surface area contributed by atoms with Gasteiger partial charge >= 0.3 is 6.09 Å². The highest BCUT2D eigenvalue weighted by molar-refractivity contribution is 5.82. The Morgan fingerprint density at radius 3 is 2.67 bits per heavy atom. The van der Waals surface area contributed by atoms with Gasteiger partial charge in [-0.3, -0.25) is 9.69 Å². The maximum Gasteiger partial charge on any atom is 0.409 e. The number of ether oxygens (including phenoxy) is 1. The quantitative estimate of drug-likeness (QED) is 0.823. The van der Waals surface area contributed by atoms with Crippen molar-refractivity contribution in [3.63, 3.8) is 0 Å². The number of nitrogens with zero attached hydrogens (tertiary/aromatic N) is 2. The molecule has 0 aromatic carbocycles. The van der Waals surface area contributed by atoms with Crippen molar-refractivity contribution in [2.24, 2.45) is 0 Å². The molecule has 1 atom stereocenters. The molecule has 1 unspecified atom stereocenters. The number of aryl methyl sites for hydroxylation is 1. The molecule has 2 rings (SSSR count). The second-order valence-corrected chi connectivity index (χ2v) is 6.07. The largest absolute Gasteiger partial charge is 0.465 e.